The summed E-state index contributed by atoms with van der Waals surface area (Å²) in [5.41, 5.74) is 1.86. The monoisotopic (exact) mass is 335 g/mol. The molecule has 0 atom stereocenters. The van der Waals surface area contributed by atoms with E-state index in [2.05, 4.69) is 6.92 Å². The molecule has 0 saturated heterocycles. The quantitative estimate of drug-likeness (QED) is 0.752. The zero-order chi connectivity index (χ0) is 16.8. The molecule has 1 aromatic heterocycles. The van der Waals surface area contributed by atoms with Crippen LogP contribution in [0.5, 0.6) is 5.75 Å². The summed E-state index contributed by atoms with van der Waals surface area (Å²) in [4.78, 5) is 23.0. The Balaban J connectivity index is 1.93. The van der Waals surface area contributed by atoms with E-state index in [9.17, 15) is 9.59 Å². The van der Waals surface area contributed by atoms with Gasteiger partial charge in [-0.1, -0.05) is 37.3 Å². The summed E-state index contributed by atoms with van der Waals surface area (Å²) in [6.07, 6.45) is 2.17. The van der Waals surface area contributed by atoms with Crippen molar-refractivity contribution in [3.63, 3.8) is 0 Å². The average Bonchev–Trinajstić information content (AvgIpc) is 2.88. The summed E-state index contributed by atoms with van der Waals surface area (Å²) < 4.78 is 7.22. The largest absolute Gasteiger partial charge is 0.494 e. The Morgan fingerprint density at radius 2 is 1.91 bits per heavy atom. The first-order valence-corrected chi connectivity index (χ1v) is 8.56. The Morgan fingerprint density at radius 1 is 1.22 bits per heavy atom. The summed E-state index contributed by atoms with van der Waals surface area (Å²) in [5.74, 6) is -0.225. The highest BCUT2D eigenvalue weighted by atomic mass is 32.1. The maximum absolute atomic E-state index is 11.9. The Labute approximate surface area is 139 Å². The first-order chi connectivity index (χ1) is 11.1. The summed E-state index contributed by atoms with van der Waals surface area (Å²) in [6, 6.07) is 7.95. The van der Waals surface area contributed by atoms with Crippen LogP contribution in [0, 0.1) is 0 Å². The van der Waals surface area contributed by atoms with Crippen LogP contribution >= 0.6 is 11.3 Å². The fourth-order valence-corrected chi connectivity index (χ4v) is 3.36. The van der Waals surface area contributed by atoms with Crippen LogP contribution in [-0.4, -0.2) is 22.2 Å². The third-order valence-corrected chi connectivity index (χ3v) is 4.66. The standard InChI is InChI=1S/C17H21NO4S/c1-3-12-6-8-13(9-7-12)22-11-5-10-18-14(4-2)15(16(19)20)23-17(18)21/h6-9H,3-5,10-11H2,1-2H3,(H,19,20). The molecule has 0 spiro atoms. The van der Waals surface area contributed by atoms with E-state index < -0.39 is 5.97 Å². The number of hydrogen-bond acceptors (Lipinski definition) is 4. The number of hydrogen-bond donors (Lipinski definition) is 1. The molecule has 5 nitrogen and oxygen atoms in total. The molecule has 0 unspecified atom stereocenters. The molecule has 1 heterocycles. The summed E-state index contributed by atoms with van der Waals surface area (Å²) in [6.45, 7) is 4.92. The van der Waals surface area contributed by atoms with Crippen LogP contribution in [0.25, 0.3) is 0 Å². The van der Waals surface area contributed by atoms with Crippen molar-refractivity contribution in [1.29, 1.82) is 0 Å². The van der Waals surface area contributed by atoms with Gasteiger partial charge in [-0.2, -0.15) is 0 Å². The van der Waals surface area contributed by atoms with E-state index in [0.29, 0.717) is 31.7 Å². The molecule has 0 bridgehead atoms. The zero-order valence-electron chi connectivity index (χ0n) is 13.4. The number of aromatic nitrogens is 1. The van der Waals surface area contributed by atoms with Gasteiger partial charge >= 0.3 is 10.8 Å². The van der Waals surface area contributed by atoms with Gasteiger partial charge in [0.2, 0.25) is 0 Å². The number of benzene rings is 1. The van der Waals surface area contributed by atoms with Crippen LogP contribution < -0.4 is 9.61 Å². The molecule has 0 amide bonds. The second kappa shape index (κ2) is 7.97. The van der Waals surface area contributed by atoms with Crippen molar-refractivity contribution < 1.29 is 14.6 Å². The van der Waals surface area contributed by atoms with Crippen LogP contribution in [0.3, 0.4) is 0 Å². The Hall–Kier alpha value is -2.08. The molecular weight excluding hydrogens is 314 g/mol. The number of thiazole rings is 1. The van der Waals surface area contributed by atoms with Gasteiger partial charge in [0.25, 0.3) is 0 Å². The molecule has 0 radical (unpaired) electrons. The van der Waals surface area contributed by atoms with Crippen LogP contribution in [0.15, 0.2) is 29.1 Å². The predicted molar refractivity (Wildman–Crippen MR) is 90.8 cm³/mol. The first kappa shape index (κ1) is 17.3. The first-order valence-electron chi connectivity index (χ1n) is 7.74. The van der Waals surface area contributed by atoms with E-state index in [-0.39, 0.29) is 9.75 Å². The van der Waals surface area contributed by atoms with Crippen LogP contribution in [0.2, 0.25) is 0 Å². The number of carboxylic acid groups (broad SMARTS) is 1. The number of rotatable bonds is 8. The number of aromatic carboxylic acids is 1. The number of carboxylic acids is 1. The second-order valence-corrected chi connectivity index (χ2v) is 6.12. The zero-order valence-corrected chi connectivity index (χ0v) is 14.2. The molecule has 0 aliphatic heterocycles. The summed E-state index contributed by atoms with van der Waals surface area (Å²) >= 11 is 0.799. The molecular formula is C17H21NO4S. The van der Waals surface area contributed by atoms with E-state index in [1.54, 1.807) is 4.57 Å². The fraction of sp³-hybridized carbons (Fsp3) is 0.412. The van der Waals surface area contributed by atoms with Crippen LogP contribution in [-0.2, 0) is 19.4 Å². The maximum Gasteiger partial charge on any atom is 0.347 e. The van der Waals surface area contributed by atoms with Gasteiger partial charge in [-0.15, -0.1) is 0 Å². The SMILES string of the molecule is CCc1ccc(OCCCn2c(CC)c(C(=O)O)sc2=O)cc1. The van der Waals surface area contributed by atoms with Gasteiger partial charge in [0.05, 0.1) is 6.61 Å². The van der Waals surface area contributed by atoms with E-state index in [1.807, 2.05) is 31.2 Å². The van der Waals surface area contributed by atoms with Gasteiger partial charge in [0, 0.05) is 12.2 Å². The van der Waals surface area contributed by atoms with Gasteiger partial charge in [-0.25, -0.2) is 4.79 Å². The highest BCUT2D eigenvalue weighted by molar-refractivity contribution is 7.11. The van der Waals surface area contributed by atoms with Crippen molar-refractivity contribution in [3.05, 3.63) is 50.1 Å². The third kappa shape index (κ3) is 4.22. The average molecular weight is 335 g/mol. The molecule has 0 saturated carbocycles. The topological polar surface area (TPSA) is 68.5 Å². The van der Waals surface area contributed by atoms with Crippen molar-refractivity contribution in [3.8, 4) is 5.75 Å². The highest BCUT2D eigenvalue weighted by Crippen LogP contribution is 2.15. The molecule has 6 heteroatoms. The Bertz CT molecular complexity index is 715. The Kier molecular flexibility index (Phi) is 5.98. The second-order valence-electron chi connectivity index (χ2n) is 5.15. The van der Waals surface area contributed by atoms with E-state index >= 15 is 0 Å². The van der Waals surface area contributed by atoms with Crippen molar-refractivity contribution in [2.75, 3.05) is 6.61 Å². The number of carbonyl (C=O) groups is 1. The number of nitrogens with zero attached hydrogens (tertiary/aromatic N) is 1. The lowest BCUT2D eigenvalue weighted by Crippen LogP contribution is -2.18. The molecule has 0 aliphatic carbocycles. The van der Waals surface area contributed by atoms with E-state index in [0.717, 1.165) is 23.5 Å². The molecule has 0 fully saturated rings. The number of aryl methyl sites for hydroxylation is 1. The third-order valence-electron chi connectivity index (χ3n) is 3.65. The normalized spacial score (nSPS) is 10.7. The molecule has 2 rings (SSSR count). The van der Waals surface area contributed by atoms with E-state index in [4.69, 9.17) is 9.84 Å². The summed E-state index contributed by atoms with van der Waals surface area (Å²) in [7, 11) is 0. The molecule has 124 valence electrons. The Morgan fingerprint density at radius 3 is 2.48 bits per heavy atom. The predicted octanol–water partition coefficient (Wildman–Crippen LogP) is 3.20. The van der Waals surface area contributed by atoms with Crippen molar-refractivity contribution in [2.45, 2.75) is 39.7 Å². The highest BCUT2D eigenvalue weighted by Gasteiger charge is 2.18. The van der Waals surface area contributed by atoms with Crippen LogP contribution in [0.4, 0.5) is 0 Å². The lowest BCUT2D eigenvalue weighted by molar-refractivity contribution is 0.0700. The molecule has 1 N–H and O–H groups in total. The molecule has 23 heavy (non-hydrogen) atoms. The fourth-order valence-electron chi connectivity index (χ4n) is 2.41. The lowest BCUT2D eigenvalue weighted by atomic mass is 10.2. The molecule has 2 aromatic rings. The van der Waals surface area contributed by atoms with Gasteiger partial charge in [-0.3, -0.25) is 4.79 Å². The minimum Gasteiger partial charge on any atom is -0.494 e. The minimum atomic E-state index is -1.03. The van der Waals surface area contributed by atoms with Gasteiger partial charge in [-0.05, 0) is 37.0 Å². The lowest BCUT2D eigenvalue weighted by Gasteiger charge is -2.09. The van der Waals surface area contributed by atoms with Crippen molar-refractivity contribution in [2.24, 2.45) is 0 Å². The van der Waals surface area contributed by atoms with Gasteiger partial charge in [0.15, 0.2) is 0 Å². The summed E-state index contributed by atoms with van der Waals surface area (Å²) in [5, 5.41) is 9.13. The molecule has 1 aromatic carbocycles. The van der Waals surface area contributed by atoms with Crippen molar-refractivity contribution >= 4 is 17.3 Å². The van der Waals surface area contributed by atoms with Gasteiger partial charge < -0.3 is 14.4 Å². The maximum atomic E-state index is 11.9. The van der Waals surface area contributed by atoms with Crippen molar-refractivity contribution in [1.82, 2.24) is 4.57 Å². The number of ether oxygens (including phenoxy) is 1. The van der Waals surface area contributed by atoms with Crippen LogP contribution in [0.1, 0.15) is 41.2 Å². The minimum absolute atomic E-state index is 0.147. The molecule has 0 aliphatic rings. The van der Waals surface area contributed by atoms with E-state index in [1.165, 1.54) is 5.56 Å². The smallest absolute Gasteiger partial charge is 0.347 e. The van der Waals surface area contributed by atoms with Gasteiger partial charge in [0.1, 0.15) is 10.6 Å².